The Hall–Kier alpha value is -0.890. The summed E-state index contributed by atoms with van der Waals surface area (Å²) in [6.07, 6.45) is 5.79. The van der Waals surface area contributed by atoms with Crippen molar-refractivity contribution >= 4 is 23.5 Å². The Morgan fingerprint density at radius 1 is 1.38 bits per heavy atom. The number of nitrogens with zero attached hydrogens (tertiary/aromatic N) is 1. The molecular weight excluding hydrogens is 178 g/mol. The quantitative estimate of drug-likeness (QED) is 0.670. The summed E-state index contributed by atoms with van der Waals surface area (Å²) in [6.45, 7) is 11.7. The Labute approximate surface area is 84.1 Å². The SMILES string of the molecule is C=C/C=c1/sc(C)n/c1=C/C.CC. The number of rotatable bonds is 1. The maximum atomic E-state index is 4.33. The molecule has 0 N–H and O–H groups in total. The smallest absolute Gasteiger partial charge is 0.0907 e. The number of aryl methyl sites for hydroxylation is 1. The standard InChI is InChI=1S/C9H11NS.C2H6/c1-4-6-9-8(5-2)10-7(3)11-9;1-2/h4-6H,1H2,2-3H3;1-2H3/b8-5+,9-6+;. The topological polar surface area (TPSA) is 12.9 Å². The van der Waals surface area contributed by atoms with Crippen LogP contribution in [-0.2, 0) is 0 Å². The van der Waals surface area contributed by atoms with Gasteiger partial charge in [-0.05, 0) is 19.9 Å². The van der Waals surface area contributed by atoms with Crippen LogP contribution in [0.25, 0.3) is 12.2 Å². The van der Waals surface area contributed by atoms with Crippen molar-refractivity contribution in [1.29, 1.82) is 0 Å². The van der Waals surface area contributed by atoms with Gasteiger partial charge in [0.15, 0.2) is 0 Å². The molecule has 0 radical (unpaired) electrons. The lowest BCUT2D eigenvalue weighted by molar-refractivity contribution is 1.23. The molecule has 0 aromatic carbocycles. The highest BCUT2D eigenvalue weighted by atomic mass is 32.1. The average Bonchev–Trinajstić information content (AvgIpc) is 2.50. The highest BCUT2D eigenvalue weighted by molar-refractivity contribution is 7.09. The van der Waals surface area contributed by atoms with Gasteiger partial charge in [-0.15, -0.1) is 11.3 Å². The molecule has 1 aromatic heterocycles. The monoisotopic (exact) mass is 195 g/mol. The lowest BCUT2D eigenvalue weighted by Gasteiger charge is -1.70. The van der Waals surface area contributed by atoms with E-state index in [1.165, 1.54) is 4.53 Å². The highest BCUT2D eigenvalue weighted by Gasteiger charge is 1.90. The van der Waals surface area contributed by atoms with Crippen molar-refractivity contribution in [3.05, 3.63) is 27.5 Å². The predicted octanol–water partition coefficient (Wildman–Crippen LogP) is 2.24. The molecule has 0 aliphatic carbocycles. The van der Waals surface area contributed by atoms with Crippen molar-refractivity contribution in [3.8, 4) is 0 Å². The summed E-state index contributed by atoms with van der Waals surface area (Å²) in [5.74, 6) is 0. The second kappa shape index (κ2) is 6.61. The van der Waals surface area contributed by atoms with Crippen molar-refractivity contribution in [1.82, 2.24) is 4.98 Å². The molecule has 1 nitrogen and oxygen atoms in total. The fourth-order valence-corrected chi connectivity index (χ4v) is 1.79. The van der Waals surface area contributed by atoms with Crippen molar-refractivity contribution < 1.29 is 0 Å². The van der Waals surface area contributed by atoms with Crippen LogP contribution in [0.15, 0.2) is 12.7 Å². The van der Waals surface area contributed by atoms with Gasteiger partial charge in [-0.25, -0.2) is 4.98 Å². The summed E-state index contributed by atoms with van der Waals surface area (Å²) in [7, 11) is 0. The summed E-state index contributed by atoms with van der Waals surface area (Å²) >= 11 is 1.69. The molecule has 0 aliphatic rings. The van der Waals surface area contributed by atoms with Crippen LogP contribution in [0.1, 0.15) is 25.8 Å². The minimum Gasteiger partial charge on any atom is -0.242 e. The van der Waals surface area contributed by atoms with Gasteiger partial charge in [0.05, 0.1) is 14.9 Å². The second-order valence-corrected chi connectivity index (χ2v) is 3.41. The number of thiazole rings is 1. The molecule has 1 rings (SSSR count). The number of allylic oxidation sites excluding steroid dienone is 1. The molecular formula is C11H17NS. The van der Waals surface area contributed by atoms with E-state index in [1.54, 1.807) is 17.4 Å². The van der Waals surface area contributed by atoms with Crippen molar-refractivity contribution in [3.63, 3.8) is 0 Å². The van der Waals surface area contributed by atoms with E-state index in [-0.39, 0.29) is 0 Å². The Bertz CT molecular complexity index is 360. The van der Waals surface area contributed by atoms with E-state index in [0.29, 0.717) is 0 Å². The summed E-state index contributed by atoms with van der Waals surface area (Å²) in [6, 6.07) is 0. The zero-order valence-corrected chi connectivity index (χ0v) is 9.61. The molecule has 1 aromatic rings. The molecule has 13 heavy (non-hydrogen) atoms. The van der Waals surface area contributed by atoms with Gasteiger partial charge in [0, 0.05) is 0 Å². The summed E-state index contributed by atoms with van der Waals surface area (Å²) in [4.78, 5) is 4.33. The minimum absolute atomic E-state index is 1.06. The molecule has 0 atom stereocenters. The van der Waals surface area contributed by atoms with Gasteiger partial charge in [-0.3, -0.25) is 0 Å². The first-order chi connectivity index (χ1) is 6.27. The van der Waals surface area contributed by atoms with Crippen molar-refractivity contribution in [2.75, 3.05) is 0 Å². The first-order valence-electron chi connectivity index (χ1n) is 4.50. The van der Waals surface area contributed by atoms with Crippen LogP contribution < -0.4 is 9.88 Å². The minimum atomic E-state index is 1.06. The lowest BCUT2D eigenvalue weighted by Crippen LogP contribution is -2.19. The molecule has 0 unspecified atom stereocenters. The first kappa shape index (κ1) is 12.1. The predicted molar refractivity (Wildman–Crippen MR) is 62.3 cm³/mol. The van der Waals surface area contributed by atoms with Gasteiger partial charge in [-0.1, -0.05) is 32.6 Å². The Kier molecular flexibility index (Phi) is 6.15. The normalized spacial score (nSPS) is 12.3. The van der Waals surface area contributed by atoms with E-state index in [2.05, 4.69) is 11.6 Å². The van der Waals surface area contributed by atoms with E-state index in [1.807, 2.05) is 39.8 Å². The van der Waals surface area contributed by atoms with E-state index in [0.717, 1.165) is 10.4 Å². The zero-order chi connectivity index (χ0) is 10.3. The first-order valence-corrected chi connectivity index (χ1v) is 5.32. The van der Waals surface area contributed by atoms with Gasteiger partial charge in [0.2, 0.25) is 0 Å². The summed E-state index contributed by atoms with van der Waals surface area (Å²) < 4.78 is 1.19. The van der Waals surface area contributed by atoms with E-state index >= 15 is 0 Å². The Balaban J connectivity index is 0.000000671. The van der Waals surface area contributed by atoms with Gasteiger partial charge in [-0.2, -0.15) is 0 Å². The van der Waals surface area contributed by atoms with Crippen LogP contribution in [0.4, 0.5) is 0 Å². The lowest BCUT2D eigenvalue weighted by atomic mass is 10.5. The van der Waals surface area contributed by atoms with Crippen molar-refractivity contribution in [2.45, 2.75) is 27.7 Å². The molecule has 1 heterocycles. The van der Waals surface area contributed by atoms with Gasteiger partial charge >= 0.3 is 0 Å². The molecule has 0 spiro atoms. The van der Waals surface area contributed by atoms with E-state index in [4.69, 9.17) is 0 Å². The molecule has 0 saturated carbocycles. The zero-order valence-electron chi connectivity index (χ0n) is 8.79. The second-order valence-electron chi connectivity index (χ2n) is 2.17. The summed E-state index contributed by atoms with van der Waals surface area (Å²) in [5.41, 5.74) is 0. The third-order valence-corrected chi connectivity index (χ3v) is 2.28. The molecule has 0 bridgehead atoms. The number of aromatic nitrogens is 1. The van der Waals surface area contributed by atoms with Crippen LogP contribution in [-0.4, -0.2) is 4.98 Å². The van der Waals surface area contributed by atoms with Gasteiger partial charge in [0.1, 0.15) is 0 Å². The van der Waals surface area contributed by atoms with E-state index in [9.17, 15) is 0 Å². The number of hydrogen-bond acceptors (Lipinski definition) is 2. The molecule has 0 aliphatic heterocycles. The van der Waals surface area contributed by atoms with Crippen molar-refractivity contribution in [2.24, 2.45) is 0 Å². The third-order valence-electron chi connectivity index (χ3n) is 1.33. The largest absolute Gasteiger partial charge is 0.242 e. The maximum Gasteiger partial charge on any atom is 0.0907 e. The van der Waals surface area contributed by atoms with Crippen LogP contribution in [0.3, 0.4) is 0 Å². The Morgan fingerprint density at radius 2 is 2.00 bits per heavy atom. The molecule has 0 saturated heterocycles. The molecule has 72 valence electrons. The van der Waals surface area contributed by atoms with Crippen LogP contribution >= 0.6 is 11.3 Å². The fourth-order valence-electron chi connectivity index (χ4n) is 0.892. The van der Waals surface area contributed by atoms with Gasteiger partial charge < -0.3 is 0 Å². The summed E-state index contributed by atoms with van der Waals surface area (Å²) in [5, 5.41) is 2.17. The van der Waals surface area contributed by atoms with Crippen LogP contribution in [0, 0.1) is 6.92 Å². The molecule has 2 heteroatoms. The average molecular weight is 195 g/mol. The van der Waals surface area contributed by atoms with Gasteiger partial charge in [0.25, 0.3) is 0 Å². The van der Waals surface area contributed by atoms with E-state index < -0.39 is 0 Å². The van der Waals surface area contributed by atoms with Crippen LogP contribution in [0.2, 0.25) is 0 Å². The van der Waals surface area contributed by atoms with Crippen LogP contribution in [0.5, 0.6) is 0 Å². The maximum absolute atomic E-state index is 4.33. The molecule has 0 fully saturated rings. The fraction of sp³-hybridized carbons (Fsp3) is 0.364. The molecule has 0 amide bonds. The third kappa shape index (κ3) is 3.55. The highest BCUT2D eigenvalue weighted by Crippen LogP contribution is 1.90. The Morgan fingerprint density at radius 3 is 2.46 bits per heavy atom. The number of hydrogen-bond donors (Lipinski definition) is 0.